The molecule has 1 aliphatic heterocycles. The molecule has 1 saturated heterocycles. The second-order valence-electron chi connectivity index (χ2n) is 11.1. The number of nitrogens with zero attached hydrogens (tertiary/aromatic N) is 1. The van der Waals surface area contributed by atoms with E-state index in [0.29, 0.717) is 24.2 Å². The number of carbonyl (C=O) groups is 5. The van der Waals surface area contributed by atoms with Crippen molar-refractivity contribution in [3.63, 3.8) is 0 Å². The number of nitrogen functional groups attached to an aromatic ring is 1. The van der Waals surface area contributed by atoms with E-state index in [2.05, 4.69) is 10.6 Å². The number of esters is 2. The molecule has 0 radical (unpaired) electrons. The predicted octanol–water partition coefficient (Wildman–Crippen LogP) is 2.56. The van der Waals surface area contributed by atoms with Gasteiger partial charge in [0.2, 0.25) is 15.9 Å². The number of carboxylic acid groups (broad SMARTS) is 1. The average Bonchev–Trinajstić information content (AvgIpc) is 3.63. The summed E-state index contributed by atoms with van der Waals surface area (Å²) in [5.74, 6) is -5.38. The van der Waals surface area contributed by atoms with Crippen LogP contribution in [0.4, 0.5) is 13.2 Å². The summed E-state index contributed by atoms with van der Waals surface area (Å²) in [5, 5.41) is 20.1. The van der Waals surface area contributed by atoms with E-state index < -0.39 is 52.0 Å². The first-order valence-corrected chi connectivity index (χ1v) is 17.4. The molecule has 16 nitrogen and oxygen atoms in total. The average molecular weight is 772 g/mol. The van der Waals surface area contributed by atoms with Crippen molar-refractivity contribution in [1.82, 2.24) is 14.9 Å². The van der Waals surface area contributed by atoms with Gasteiger partial charge in [0.1, 0.15) is 23.9 Å². The Morgan fingerprint density at radius 1 is 1.00 bits per heavy atom. The van der Waals surface area contributed by atoms with Gasteiger partial charge < -0.3 is 35.7 Å². The minimum atomic E-state index is -5.08. The Labute approximate surface area is 303 Å². The molecule has 20 heteroatoms. The van der Waals surface area contributed by atoms with E-state index >= 15 is 0 Å². The lowest BCUT2D eigenvalue weighted by Gasteiger charge is -2.20. The fourth-order valence-corrected chi connectivity index (χ4v) is 6.05. The molecule has 0 unspecified atom stereocenters. The molecular weight excluding hydrogens is 731 g/mol. The number of nitrogens with one attached hydrogen (secondary N) is 3. The first kappa shape index (κ1) is 43.7. The Bertz CT molecular complexity index is 1790. The fourth-order valence-electron chi connectivity index (χ4n) is 4.53. The number of hydrogen-bond donors (Lipinski definition) is 5. The normalized spacial score (nSPS) is 13.8. The second kappa shape index (κ2) is 19.9. The summed E-state index contributed by atoms with van der Waals surface area (Å²) in [6.07, 6.45) is -2.43. The first-order chi connectivity index (χ1) is 24.8. The third-order valence-electron chi connectivity index (χ3n) is 6.99. The SMILES string of the molecule is CCOC(=O)C[C@H](COc1cc(C(=N)N)ccc1C=C(NC(C)=O)C(=O)OCC)NC(=O)c1ccc(S(=O)(=O)N2CCCC2)cc1.O=C(O)C(F)(F)F. The predicted molar refractivity (Wildman–Crippen MR) is 182 cm³/mol. The zero-order valence-electron chi connectivity index (χ0n) is 28.9. The van der Waals surface area contributed by atoms with Gasteiger partial charge in [-0.2, -0.15) is 17.5 Å². The molecule has 0 bridgehead atoms. The smallest absolute Gasteiger partial charge is 0.490 e. The number of aliphatic carboxylic acids is 1. The van der Waals surface area contributed by atoms with Gasteiger partial charge in [0.15, 0.2) is 0 Å². The zero-order chi connectivity index (χ0) is 39.9. The Balaban J connectivity index is 0.00000126. The van der Waals surface area contributed by atoms with E-state index in [9.17, 15) is 40.8 Å². The number of sulfonamides is 1. The number of nitrogens with two attached hydrogens (primary N) is 1. The number of hydrogen-bond acceptors (Lipinski definition) is 11. The van der Waals surface area contributed by atoms with Gasteiger partial charge in [0.05, 0.1) is 30.6 Å². The minimum absolute atomic E-state index is 0.0641. The molecule has 1 aliphatic rings. The summed E-state index contributed by atoms with van der Waals surface area (Å²) in [6, 6.07) is 9.05. The van der Waals surface area contributed by atoms with Crippen molar-refractivity contribution in [3.05, 3.63) is 64.9 Å². The van der Waals surface area contributed by atoms with E-state index in [1.807, 2.05) is 0 Å². The minimum Gasteiger partial charge on any atom is -0.491 e. The van der Waals surface area contributed by atoms with Crippen LogP contribution >= 0.6 is 0 Å². The number of alkyl halides is 3. The second-order valence-corrected chi connectivity index (χ2v) is 13.0. The van der Waals surface area contributed by atoms with Gasteiger partial charge >= 0.3 is 24.1 Å². The van der Waals surface area contributed by atoms with E-state index in [1.54, 1.807) is 13.8 Å². The number of carbonyl (C=O) groups excluding carboxylic acids is 4. The molecule has 2 amide bonds. The molecule has 6 N–H and O–H groups in total. The lowest BCUT2D eigenvalue weighted by atomic mass is 10.1. The number of benzene rings is 2. The van der Waals surface area contributed by atoms with Crippen molar-refractivity contribution in [2.24, 2.45) is 5.73 Å². The molecule has 0 aromatic heterocycles. The molecule has 1 heterocycles. The highest BCUT2D eigenvalue weighted by Gasteiger charge is 2.38. The molecule has 53 heavy (non-hydrogen) atoms. The van der Waals surface area contributed by atoms with Crippen LogP contribution in [0.3, 0.4) is 0 Å². The molecule has 3 rings (SSSR count). The number of carboxylic acids is 1. The molecule has 290 valence electrons. The monoisotopic (exact) mass is 771 g/mol. The maximum Gasteiger partial charge on any atom is 0.490 e. The Morgan fingerprint density at radius 3 is 2.08 bits per heavy atom. The zero-order valence-corrected chi connectivity index (χ0v) is 29.8. The highest BCUT2D eigenvalue weighted by molar-refractivity contribution is 7.89. The topological polar surface area (TPSA) is 245 Å². The molecule has 0 saturated carbocycles. The molecule has 1 atom stereocenters. The molecule has 2 aromatic carbocycles. The van der Waals surface area contributed by atoms with E-state index in [0.717, 1.165) is 12.8 Å². The van der Waals surface area contributed by atoms with Crippen LogP contribution < -0.4 is 21.1 Å². The van der Waals surface area contributed by atoms with Crippen molar-refractivity contribution in [2.45, 2.75) is 57.1 Å². The number of amides is 2. The summed E-state index contributed by atoms with van der Waals surface area (Å²) in [7, 11) is -3.66. The third kappa shape index (κ3) is 13.9. The molecule has 1 fully saturated rings. The van der Waals surface area contributed by atoms with Crippen LogP contribution in [0, 0.1) is 5.41 Å². The van der Waals surface area contributed by atoms with Crippen LogP contribution in [0.5, 0.6) is 5.75 Å². The number of ether oxygens (including phenoxy) is 3. The highest BCUT2D eigenvalue weighted by atomic mass is 32.2. The largest absolute Gasteiger partial charge is 0.491 e. The number of halogens is 3. The standard InChI is InChI=1S/C31H39N5O9S.C2HF3O2/c1-4-43-28(38)18-24(35-30(39)21-10-12-25(13-11-21)46(41,42)36-14-6-7-15-36)19-45-27-17-23(29(32)33)9-8-22(27)16-26(34-20(3)37)31(40)44-5-2;3-2(4,5)1(6)7/h8-13,16-17,24H,4-7,14-15,18-19H2,1-3H3,(H3,32,33)(H,34,37)(H,35,39);(H,6,7)/t24-;/m1./s1. The van der Waals surface area contributed by atoms with Gasteiger partial charge in [-0.05, 0) is 63.1 Å². The summed E-state index contributed by atoms with van der Waals surface area (Å²) in [5.41, 5.74) is 6.26. The van der Waals surface area contributed by atoms with Gasteiger partial charge in [-0.25, -0.2) is 18.0 Å². The lowest BCUT2D eigenvalue weighted by Crippen LogP contribution is -2.41. The van der Waals surface area contributed by atoms with Gasteiger partial charge in [0, 0.05) is 36.7 Å². The quantitative estimate of drug-likeness (QED) is 0.0759. The van der Waals surface area contributed by atoms with Crippen molar-refractivity contribution >= 4 is 51.7 Å². The van der Waals surface area contributed by atoms with Crippen LogP contribution in [0.15, 0.2) is 53.1 Å². The van der Waals surface area contributed by atoms with Crippen molar-refractivity contribution in [2.75, 3.05) is 32.9 Å². The van der Waals surface area contributed by atoms with Crippen molar-refractivity contribution < 1.29 is 64.9 Å². The fraction of sp³-hybridized carbons (Fsp3) is 0.394. The third-order valence-corrected chi connectivity index (χ3v) is 8.90. The molecule has 0 spiro atoms. The Kier molecular flexibility index (Phi) is 16.4. The van der Waals surface area contributed by atoms with Crippen LogP contribution in [0.1, 0.15) is 61.5 Å². The highest BCUT2D eigenvalue weighted by Crippen LogP contribution is 2.25. The van der Waals surface area contributed by atoms with Crippen molar-refractivity contribution in [1.29, 1.82) is 5.41 Å². The first-order valence-electron chi connectivity index (χ1n) is 15.9. The summed E-state index contributed by atoms with van der Waals surface area (Å²) in [4.78, 5) is 58.8. The summed E-state index contributed by atoms with van der Waals surface area (Å²) < 4.78 is 75.0. The summed E-state index contributed by atoms with van der Waals surface area (Å²) >= 11 is 0. The van der Waals surface area contributed by atoms with Crippen LogP contribution in [-0.4, -0.2) is 98.5 Å². The molecular formula is C33H40F3N5O11S. The lowest BCUT2D eigenvalue weighted by molar-refractivity contribution is -0.192. The van der Waals surface area contributed by atoms with E-state index in [4.69, 9.17) is 35.3 Å². The number of rotatable bonds is 15. The van der Waals surface area contributed by atoms with E-state index in [-0.39, 0.29) is 54.0 Å². The van der Waals surface area contributed by atoms with Gasteiger partial charge in [0.25, 0.3) is 5.91 Å². The summed E-state index contributed by atoms with van der Waals surface area (Å²) in [6.45, 7) is 5.30. The maximum atomic E-state index is 13.2. The Morgan fingerprint density at radius 2 is 1.57 bits per heavy atom. The van der Waals surface area contributed by atoms with Gasteiger partial charge in [-0.3, -0.25) is 19.8 Å². The van der Waals surface area contributed by atoms with E-state index in [1.165, 1.54) is 59.8 Å². The Hall–Kier alpha value is -5.50. The molecule has 0 aliphatic carbocycles. The van der Waals surface area contributed by atoms with Gasteiger partial charge in [-0.15, -0.1) is 0 Å². The number of amidine groups is 1. The van der Waals surface area contributed by atoms with Crippen LogP contribution in [-0.2, 0) is 38.7 Å². The van der Waals surface area contributed by atoms with Gasteiger partial charge in [-0.1, -0.05) is 12.1 Å². The van der Waals surface area contributed by atoms with Crippen LogP contribution in [0.25, 0.3) is 6.08 Å². The van der Waals surface area contributed by atoms with Crippen molar-refractivity contribution in [3.8, 4) is 5.75 Å². The molecule has 2 aromatic rings. The van der Waals surface area contributed by atoms with Crippen LogP contribution in [0.2, 0.25) is 0 Å². The maximum absolute atomic E-state index is 13.2.